The number of sulfonamides is 1. The molecule has 3 aromatic carbocycles. The van der Waals surface area contributed by atoms with E-state index in [1.165, 1.54) is 12.0 Å². The number of carbonyl (C=O) groups excluding carboxylic acids is 1. The van der Waals surface area contributed by atoms with E-state index in [2.05, 4.69) is 17.4 Å². The molecule has 0 fully saturated rings. The first kappa shape index (κ1) is 24.7. The van der Waals surface area contributed by atoms with Crippen LogP contribution in [0.25, 0.3) is 0 Å². The number of methoxy groups -OCH3 is 1. The number of anilines is 2. The zero-order valence-electron chi connectivity index (χ0n) is 19.1. The van der Waals surface area contributed by atoms with Crippen molar-refractivity contribution in [2.45, 2.75) is 30.5 Å². The van der Waals surface area contributed by atoms with Gasteiger partial charge >= 0.3 is 0 Å². The Labute approximate surface area is 200 Å². The smallest absolute Gasteiger partial charge is 0.248 e. The molecule has 1 N–H and O–H groups in total. The third kappa shape index (κ3) is 6.52. The highest BCUT2D eigenvalue weighted by atomic mass is 32.2. The molecule has 0 saturated carbocycles. The number of ether oxygens (including phenoxy) is 1. The zero-order valence-corrected chi connectivity index (χ0v) is 20.7. The fourth-order valence-corrected chi connectivity index (χ4v) is 5.45. The molecule has 0 aromatic heterocycles. The molecule has 8 heteroatoms. The molecule has 1 atom stereocenters. The molecule has 174 valence electrons. The van der Waals surface area contributed by atoms with Crippen LogP contribution in [0.2, 0.25) is 0 Å². The van der Waals surface area contributed by atoms with Gasteiger partial charge in [-0.1, -0.05) is 30.3 Å². The fraction of sp³-hybridized carbons (Fsp3) is 0.240. The molecule has 3 aromatic rings. The van der Waals surface area contributed by atoms with Crippen molar-refractivity contribution in [3.8, 4) is 5.75 Å². The molecule has 0 spiro atoms. The van der Waals surface area contributed by atoms with Crippen LogP contribution in [0.15, 0.2) is 77.7 Å². The summed E-state index contributed by atoms with van der Waals surface area (Å²) in [5, 5.41) is 2.88. The molecule has 33 heavy (non-hydrogen) atoms. The number of thioether (sulfide) groups is 1. The van der Waals surface area contributed by atoms with Crippen molar-refractivity contribution in [2.24, 2.45) is 0 Å². The quantitative estimate of drug-likeness (QED) is 0.428. The summed E-state index contributed by atoms with van der Waals surface area (Å²) in [6, 6.07) is 21.7. The largest absolute Gasteiger partial charge is 0.497 e. The lowest BCUT2D eigenvalue weighted by atomic mass is 10.1. The van der Waals surface area contributed by atoms with Crippen LogP contribution >= 0.6 is 11.8 Å². The molecule has 3 rings (SSSR count). The van der Waals surface area contributed by atoms with Crippen LogP contribution in [0.3, 0.4) is 0 Å². The summed E-state index contributed by atoms with van der Waals surface area (Å²) in [6.07, 6.45) is 1.09. The van der Waals surface area contributed by atoms with Gasteiger partial charge < -0.3 is 10.1 Å². The van der Waals surface area contributed by atoms with E-state index >= 15 is 0 Å². The van der Waals surface area contributed by atoms with E-state index in [0.717, 1.165) is 27.4 Å². The van der Waals surface area contributed by atoms with Crippen molar-refractivity contribution in [2.75, 3.05) is 23.0 Å². The summed E-state index contributed by atoms with van der Waals surface area (Å²) in [4.78, 5) is 14.2. The second-order valence-electron chi connectivity index (χ2n) is 7.67. The number of nitrogens with one attached hydrogen (secondary N) is 1. The summed E-state index contributed by atoms with van der Waals surface area (Å²) < 4.78 is 31.2. The number of rotatable bonds is 9. The SMILES string of the molecule is COc1ccc(N([C@H](C)C(=O)Nc2ccc(CSc3ccccc3)cc2C)S(C)(=O)=O)cc1. The fourth-order valence-electron chi connectivity index (χ4n) is 3.41. The molecule has 6 nitrogen and oxygen atoms in total. The molecular formula is C25H28N2O4S2. The summed E-state index contributed by atoms with van der Waals surface area (Å²) in [5.41, 5.74) is 3.11. The van der Waals surface area contributed by atoms with Crippen LogP contribution in [-0.2, 0) is 20.6 Å². The second-order valence-corrected chi connectivity index (χ2v) is 10.6. The Morgan fingerprint density at radius 2 is 1.73 bits per heavy atom. The van der Waals surface area contributed by atoms with Crippen LogP contribution in [0.5, 0.6) is 5.75 Å². The molecular weight excluding hydrogens is 456 g/mol. The lowest BCUT2D eigenvalue weighted by Crippen LogP contribution is -2.45. The standard InChI is InChI=1S/C25H28N2O4S2/c1-18-16-20(17-32-23-8-6-5-7-9-23)10-15-24(18)26-25(28)19(2)27(33(4,29)30)21-11-13-22(31-3)14-12-21/h5-16,19H,17H2,1-4H3,(H,26,28)/t19-/m1/s1. The average molecular weight is 485 g/mol. The van der Waals surface area contributed by atoms with E-state index in [9.17, 15) is 13.2 Å². The Kier molecular flexibility index (Phi) is 8.05. The zero-order chi connectivity index (χ0) is 24.0. The van der Waals surface area contributed by atoms with Gasteiger partial charge in [0, 0.05) is 16.3 Å². The lowest BCUT2D eigenvalue weighted by molar-refractivity contribution is -0.116. The van der Waals surface area contributed by atoms with Crippen molar-refractivity contribution in [1.29, 1.82) is 0 Å². The normalized spacial score (nSPS) is 12.1. The number of carbonyl (C=O) groups is 1. The van der Waals surface area contributed by atoms with E-state index in [1.54, 1.807) is 43.0 Å². The number of nitrogens with zero attached hydrogens (tertiary/aromatic N) is 1. The maximum Gasteiger partial charge on any atom is 0.248 e. The summed E-state index contributed by atoms with van der Waals surface area (Å²) >= 11 is 1.74. The Hall–Kier alpha value is -2.97. The highest BCUT2D eigenvalue weighted by Crippen LogP contribution is 2.27. The first-order chi connectivity index (χ1) is 15.7. The topological polar surface area (TPSA) is 75.7 Å². The van der Waals surface area contributed by atoms with E-state index in [1.807, 2.05) is 43.3 Å². The van der Waals surface area contributed by atoms with Crippen molar-refractivity contribution < 1.29 is 17.9 Å². The number of amides is 1. The molecule has 0 unspecified atom stereocenters. The number of hydrogen-bond acceptors (Lipinski definition) is 5. The van der Waals surface area contributed by atoms with Crippen LogP contribution in [-0.4, -0.2) is 33.7 Å². The van der Waals surface area contributed by atoms with Crippen molar-refractivity contribution in [3.05, 3.63) is 83.9 Å². The molecule has 0 heterocycles. The number of benzene rings is 3. The van der Waals surface area contributed by atoms with Gasteiger partial charge in [0.15, 0.2) is 0 Å². The van der Waals surface area contributed by atoms with Gasteiger partial charge in [-0.05, 0) is 67.4 Å². The maximum atomic E-state index is 13.0. The second kappa shape index (κ2) is 10.8. The van der Waals surface area contributed by atoms with Gasteiger partial charge in [0.1, 0.15) is 11.8 Å². The third-order valence-electron chi connectivity index (χ3n) is 5.11. The first-order valence-corrected chi connectivity index (χ1v) is 13.2. The van der Waals surface area contributed by atoms with Gasteiger partial charge in [0.05, 0.1) is 19.1 Å². The number of hydrogen-bond donors (Lipinski definition) is 1. The Morgan fingerprint density at radius 1 is 1.06 bits per heavy atom. The molecule has 0 aliphatic heterocycles. The molecule has 0 aliphatic carbocycles. The minimum absolute atomic E-state index is 0.394. The first-order valence-electron chi connectivity index (χ1n) is 10.4. The predicted molar refractivity (Wildman–Crippen MR) is 136 cm³/mol. The minimum atomic E-state index is -3.70. The summed E-state index contributed by atoms with van der Waals surface area (Å²) in [6.45, 7) is 3.50. The van der Waals surface area contributed by atoms with Gasteiger partial charge in [-0.3, -0.25) is 9.10 Å². The predicted octanol–water partition coefficient (Wildman–Crippen LogP) is 5.09. The highest BCUT2D eigenvalue weighted by Gasteiger charge is 2.29. The Morgan fingerprint density at radius 3 is 2.30 bits per heavy atom. The van der Waals surface area contributed by atoms with E-state index in [-0.39, 0.29) is 0 Å². The van der Waals surface area contributed by atoms with E-state index < -0.39 is 22.0 Å². The monoisotopic (exact) mass is 484 g/mol. The van der Waals surface area contributed by atoms with Crippen molar-refractivity contribution in [1.82, 2.24) is 0 Å². The lowest BCUT2D eigenvalue weighted by Gasteiger charge is -2.28. The van der Waals surface area contributed by atoms with E-state index in [4.69, 9.17) is 4.74 Å². The average Bonchev–Trinajstić information content (AvgIpc) is 2.79. The van der Waals surface area contributed by atoms with Gasteiger partial charge in [-0.15, -0.1) is 11.8 Å². The molecule has 1 amide bonds. The Balaban J connectivity index is 1.72. The minimum Gasteiger partial charge on any atom is -0.497 e. The summed E-state index contributed by atoms with van der Waals surface area (Å²) in [7, 11) is -2.16. The van der Waals surface area contributed by atoms with Crippen LogP contribution < -0.4 is 14.4 Å². The van der Waals surface area contributed by atoms with Crippen LogP contribution in [0, 0.1) is 6.92 Å². The van der Waals surface area contributed by atoms with Gasteiger partial charge in [0.25, 0.3) is 0 Å². The molecule has 0 saturated heterocycles. The van der Waals surface area contributed by atoms with E-state index in [0.29, 0.717) is 17.1 Å². The molecule has 0 radical (unpaired) electrons. The van der Waals surface area contributed by atoms with Crippen LogP contribution in [0.4, 0.5) is 11.4 Å². The van der Waals surface area contributed by atoms with Gasteiger partial charge in [-0.2, -0.15) is 0 Å². The highest BCUT2D eigenvalue weighted by molar-refractivity contribution is 7.98. The molecule has 0 bridgehead atoms. The van der Waals surface area contributed by atoms with Crippen molar-refractivity contribution in [3.63, 3.8) is 0 Å². The van der Waals surface area contributed by atoms with Gasteiger partial charge in [0.2, 0.25) is 15.9 Å². The number of aryl methyl sites for hydroxylation is 1. The van der Waals surface area contributed by atoms with Crippen LogP contribution in [0.1, 0.15) is 18.1 Å². The molecule has 0 aliphatic rings. The maximum absolute atomic E-state index is 13.0. The Bertz CT molecular complexity index is 1200. The third-order valence-corrected chi connectivity index (χ3v) is 7.44. The summed E-state index contributed by atoms with van der Waals surface area (Å²) in [5.74, 6) is 1.01. The van der Waals surface area contributed by atoms with Crippen molar-refractivity contribution >= 4 is 39.1 Å². The van der Waals surface area contributed by atoms with Gasteiger partial charge in [-0.25, -0.2) is 8.42 Å².